The summed E-state index contributed by atoms with van der Waals surface area (Å²) in [5, 5.41) is 0. The first-order chi connectivity index (χ1) is 18.1. The van der Waals surface area contributed by atoms with Crippen LogP contribution in [0.3, 0.4) is 0 Å². The third-order valence-electron chi connectivity index (χ3n) is 6.11. The molecule has 0 atom stereocenters. The molecule has 0 saturated carbocycles. The van der Waals surface area contributed by atoms with Crippen LogP contribution in [0.15, 0.2) is 74.4 Å². The average Bonchev–Trinajstić information content (AvgIpc) is 3.05. The van der Waals surface area contributed by atoms with Gasteiger partial charge in [-0.3, -0.25) is 0 Å². The minimum atomic E-state index is 0.354. The first kappa shape index (κ1) is 25.8. The molecule has 192 valence electrons. The molecule has 0 aromatic heterocycles. The molecule has 1 aliphatic rings. The molecule has 6 heteroatoms. The first-order valence-electron chi connectivity index (χ1n) is 11.9. The predicted molar refractivity (Wildman–Crippen MR) is 147 cm³/mol. The molecule has 0 amide bonds. The van der Waals surface area contributed by atoms with Gasteiger partial charge in [0.05, 0.1) is 21.3 Å². The topological polar surface area (TPSA) is 55.4 Å². The van der Waals surface area contributed by atoms with E-state index in [1.165, 1.54) is 0 Å². The molecule has 0 aliphatic heterocycles. The van der Waals surface area contributed by atoms with Crippen LogP contribution in [-0.4, -0.2) is 41.2 Å². The monoisotopic (exact) mass is 500 g/mol. The second kappa shape index (κ2) is 11.6. The van der Waals surface area contributed by atoms with E-state index in [1.54, 1.807) is 39.6 Å². The molecule has 0 spiro atoms. The average molecular weight is 501 g/mol. The van der Waals surface area contributed by atoms with Crippen molar-refractivity contribution in [3.63, 3.8) is 0 Å². The predicted octanol–water partition coefficient (Wildman–Crippen LogP) is 6.65. The Morgan fingerprint density at radius 1 is 0.514 bits per heavy atom. The third kappa shape index (κ3) is 5.14. The highest BCUT2D eigenvalue weighted by Crippen LogP contribution is 2.50. The molecule has 3 aromatic carbocycles. The zero-order valence-corrected chi connectivity index (χ0v) is 21.6. The van der Waals surface area contributed by atoms with Gasteiger partial charge in [0.1, 0.15) is 19.8 Å². The standard InChI is InChI=1S/C31H32O6/c1-7-10-35-29-15-21-13-20-14-26(32-4)30(36-11-8-2)17-23(20)24-18-28(34-6)31(37-12-9-3)19-25(24)22(21)16-27(29)33-5/h7-9,14-19H,1-3,10-13H2,4-6H3. The van der Waals surface area contributed by atoms with Crippen LogP contribution in [-0.2, 0) is 6.42 Å². The summed E-state index contributed by atoms with van der Waals surface area (Å²) in [6.07, 6.45) is 5.76. The van der Waals surface area contributed by atoms with Gasteiger partial charge in [-0.2, -0.15) is 0 Å². The zero-order valence-electron chi connectivity index (χ0n) is 21.6. The summed E-state index contributed by atoms with van der Waals surface area (Å²) >= 11 is 0. The van der Waals surface area contributed by atoms with Crippen LogP contribution in [0.25, 0.3) is 22.3 Å². The summed E-state index contributed by atoms with van der Waals surface area (Å²) < 4.78 is 34.9. The smallest absolute Gasteiger partial charge is 0.162 e. The molecule has 0 heterocycles. The van der Waals surface area contributed by atoms with Gasteiger partial charge in [0.25, 0.3) is 0 Å². The SMILES string of the molecule is C=CCOc1cc2c(cc1OC)-c1cc(OCC=C)c(OC)cc1-c1cc(OCC=C)c(OC)cc1C2. The fourth-order valence-electron chi connectivity index (χ4n) is 4.47. The second-order valence-corrected chi connectivity index (χ2v) is 8.34. The highest BCUT2D eigenvalue weighted by Gasteiger charge is 2.26. The van der Waals surface area contributed by atoms with E-state index in [2.05, 4.69) is 19.7 Å². The fourth-order valence-corrected chi connectivity index (χ4v) is 4.47. The maximum Gasteiger partial charge on any atom is 0.162 e. The number of hydrogen-bond acceptors (Lipinski definition) is 6. The van der Waals surface area contributed by atoms with Crippen molar-refractivity contribution in [3.8, 4) is 56.8 Å². The van der Waals surface area contributed by atoms with E-state index in [1.807, 2.05) is 36.4 Å². The lowest BCUT2D eigenvalue weighted by Gasteiger charge is -2.18. The van der Waals surface area contributed by atoms with E-state index in [-0.39, 0.29) is 0 Å². The quantitative estimate of drug-likeness (QED) is 0.203. The maximum atomic E-state index is 5.97. The molecule has 0 bridgehead atoms. The van der Waals surface area contributed by atoms with Crippen LogP contribution in [0, 0.1) is 0 Å². The van der Waals surface area contributed by atoms with Crippen LogP contribution >= 0.6 is 0 Å². The van der Waals surface area contributed by atoms with Crippen molar-refractivity contribution in [3.05, 3.63) is 85.5 Å². The van der Waals surface area contributed by atoms with Crippen LogP contribution in [0.2, 0.25) is 0 Å². The second-order valence-electron chi connectivity index (χ2n) is 8.34. The van der Waals surface area contributed by atoms with Gasteiger partial charge in [0.15, 0.2) is 34.5 Å². The highest BCUT2D eigenvalue weighted by atomic mass is 16.5. The summed E-state index contributed by atoms with van der Waals surface area (Å²) in [7, 11) is 4.90. The molecule has 0 N–H and O–H groups in total. The van der Waals surface area contributed by atoms with Crippen LogP contribution in [0.4, 0.5) is 0 Å². The molecule has 0 fully saturated rings. The summed E-state index contributed by atoms with van der Waals surface area (Å²) in [6.45, 7) is 12.4. The van der Waals surface area contributed by atoms with E-state index >= 15 is 0 Å². The van der Waals surface area contributed by atoms with Crippen molar-refractivity contribution in [1.82, 2.24) is 0 Å². The Bertz CT molecular complexity index is 1320. The summed E-state index contributed by atoms with van der Waals surface area (Å²) in [5.74, 6) is 3.82. The van der Waals surface area contributed by atoms with E-state index in [4.69, 9.17) is 28.4 Å². The van der Waals surface area contributed by atoms with Gasteiger partial charge in [0, 0.05) is 0 Å². The van der Waals surface area contributed by atoms with Gasteiger partial charge in [-0.25, -0.2) is 0 Å². The largest absolute Gasteiger partial charge is 0.493 e. The molecule has 0 unspecified atom stereocenters. The van der Waals surface area contributed by atoms with Crippen LogP contribution < -0.4 is 28.4 Å². The first-order valence-corrected chi connectivity index (χ1v) is 11.9. The molecule has 37 heavy (non-hydrogen) atoms. The Morgan fingerprint density at radius 3 is 1.27 bits per heavy atom. The number of methoxy groups -OCH3 is 3. The normalized spacial score (nSPS) is 11.1. The molecule has 4 rings (SSSR count). The summed E-state index contributed by atoms with van der Waals surface area (Å²) in [5.41, 5.74) is 6.11. The Kier molecular flexibility index (Phi) is 8.08. The van der Waals surface area contributed by atoms with Crippen molar-refractivity contribution >= 4 is 0 Å². The number of hydrogen-bond donors (Lipinski definition) is 0. The number of ether oxygens (including phenoxy) is 6. The lowest BCUT2D eigenvalue weighted by molar-refractivity contribution is 0.326. The number of rotatable bonds is 12. The molecule has 0 saturated heterocycles. The van der Waals surface area contributed by atoms with E-state index < -0.39 is 0 Å². The maximum absolute atomic E-state index is 5.97. The van der Waals surface area contributed by atoms with Gasteiger partial charge >= 0.3 is 0 Å². The van der Waals surface area contributed by atoms with Gasteiger partial charge < -0.3 is 28.4 Å². The summed E-state index contributed by atoms with van der Waals surface area (Å²) in [6, 6.07) is 12.1. The minimum absolute atomic E-state index is 0.354. The molecule has 0 radical (unpaired) electrons. The number of fused-ring (bicyclic) bond motifs is 5. The zero-order chi connectivity index (χ0) is 26.4. The van der Waals surface area contributed by atoms with Crippen molar-refractivity contribution in [2.45, 2.75) is 6.42 Å². The van der Waals surface area contributed by atoms with E-state index in [9.17, 15) is 0 Å². The number of benzene rings is 3. The molecular weight excluding hydrogens is 468 g/mol. The summed E-state index contributed by atoms with van der Waals surface area (Å²) in [4.78, 5) is 0. The Hall–Kier alpha value is -4.32. The van der Waals surface area contributed by atoms with Gasteiger partial charge in [-0.05, 0) is 76.2 Å². The van der Waals surface area contributed by atoms with Crippen LogP contribution in [0.5, 0.6) is 34.5 Å². The molecule has 6 nitrogen and oxygen atoms in total. The Labute approximate surface area is 218 Å². The van der Waals surface area contributed by atoms with Crippen molar-refractivity contribution in [2.24, 2.45) is 0 Å². The van der Waals surface area contributed by atoms with Crippen molar-refractivity contribution < 1.29 is 28.4 Å². The van der Waals surface area contributed by atoms with Gasteiger partial charge in [0.2, 0.25) is 0 Å². The minimum Gasteiger partial charge on any atom is -0.493 e. The Morgan fingerprint density at radius 2 is 0.838 bits per heavy atom. The molecular formula is C31H32O6. The fraction of sp³-hybridized carbons (Fsp3) is 0.226. The lowest BCUT2D eigenvalue weighted by atomic mass is 9.93. The van der Waals surface area contributed by atoms with Gasteiger partial charge in [-0.15, -0.1) is 0 Å². The molecule has 3 aromatic rings. The Balaban J connectivity index is 2.03. The van der Waals surface area contributed by atoms with Crippen LogP contribution in [0.1, 0.15) is 11.1 Å². The van der Waals surface area contributed by atoms with Crippen molar-refractivity contribution in [1.29, 1.82) is 0 Å². The molecule has 1 aliphatic carbocycles. The lowest BCUT2D eigenvalue weighted by Crippen LogP contribution is -2.00. The van der Waals surface area contributed by atoms with Gasteiger partial charge in [-0.1, -0.05) is 38.0 Å². The highest BCUT2D eigenvalue weighted by molar-refractivity contribution is 5.92. The van der Waals surface area contributed by atoms with Crippen molar-refractivity contribution in [2.75, 3.05) is 41.2 Å². The van der Waals surface area contributed by atoms with E-state index in [0.717, 1.165) is 33.4 Å². The third-order valence-corrected chi connectivity index (χ3v) is 6.11. The van der Waals surface area contributed by atoms with E-state index in [0.29, 0.717) is 60.7 Å².